The molecule has 148 valence electrons. The molecule has 0 fully saturated rings. The van der Waals surface area contributed by atoms with Crippen LogP contribution in [0.2, 0.25) is 5.02 Å². The molecular weight excluding hydrogens is 414 g/mol. The van der Waals surface area contributed by atoms with Crippen LogP contribution < -0.4 is 21.7 Å². The zero-order valence-corrected chi connectivity index (χ0v) is 16.5. The average molecular weight is 430 g/mol. The molecule has 0 aliphatic carbocycles. The Bertz CT molecular complexity index is 1030. The molecule has 29 heavy (non-hydrogen) atoms. The monoisotopic (exact) mass is 429 g/mol. The van der Waals surface area contributed by atoms with Gasteiger partial charge in [0.25, 0.3) is 0 Å². The molecule has 0 saturated heterocycles. The lowest BCUT2D eigenvalue weighted by molar-refractivity contribution is -0.115. The van der Waals surface area contributed by atoms with Crippen LogP contribution in [0.5, 0.6) is 0 Å². The first-order valence-corrected chi connectivity index (χ1v) is 9.62. The minimum atomic E-state index is -0.537. The maximum Gasteiger partial charge on any atom is 0.325 e. The van der Waals surface area contributed by atoms with Crippen molar-refractivity contribution < 1.29 is 14.4 Å². The van der Waals surface area contributed by atoms with Crippen LogP contribution in [0.25, 0.3) is 0 Å². The molecule has 8 nitrogen and oxygen atoms in total. The van der Waals surface area contributed by atoms with E-state index in [-0.39, 0.29) is 12.3 Å². The van der Waals surface area contributed by atoms with Crippen molar-refractivity contribution in [1.82, 2.24) is 4.98 Å². The van der Waals surface area contributed by atoms with Crippen molar-refractivity contribution in [3.63, 3.8) is 0 Å². The highest BCUT2D eigenvalue weighted by Gasteiger charge is 2.11. The third-order valence-corrected chi connectivity index (χ3v) is 4.73. The van der Waals surface area contributed by atoms with E-state index in [9.17, 15) is 14.4 Å². The number of thiazole rings is 1. The number of carbonyl (C=O) groups is 3. The molecule has 0 atom stereocenters. The number of rotatable bonds is 6. The molecule has 0 aliphatic heterocycles. The van der Waals surface area contributed by atoms with Gasteiger partial charge in [0.1, 0.15) is 0 Å². The van der Waals surface area contributed by atoms with Gasteiger partial charge in [0.2, 0.25) is 11.8 Å². The van der Waals surface area contributed by atoms with Crippen LogP contribution in [-0.4, -0.2) is 22.8 Å². The van der Waals surface area contributed by atoms with Gasteiger partial charge in [-0.3, -0.25) is 14.9 Å². The molecule has 0 bridgehead atoms. The van der Waals surface area contributed by atoms with E-state index in [1.54, 1.807) is 41.8 Å². The first-order chi connectivity index (χ1) is 13.9. The van der Waals surface area contributed by atoms with Crippen molar-refractivity contribution in [2.75, 3.05) is 16.0 Å². The van der Waals surface area contributed by atoms with E-state index in [4.69, 9.17) is 17.3 Å². The SMILES string of the molecule is NC(=O)c1ccc(NC(=O)Cc2csc(NC(=O)Nc3ccc(Cl)cc3)n2)cc1. The van der Waals surface area contributed by atoms with Crippen LogP contribution in [0.15, 0.2) is 53.9 Å². The van der Waals surface area contributed by atoms with Crippen molar-refractivity contribution in [3.8, 4) is 0 Å². The number of anilines is 3. The van der Waals surface area contributed by atoms with Crippen molar-refractivity contribution in [1.29, 1.82) is 0 Å². The number of carbonyl (C=O) groups excluding carboxylic acids is 3. The Morgan fingerprint density at radius 3 is 2.21 bits per heavy atom. The maximum atomic E-state index is 12.2. The van der Waals surface area contributed by atoms with Gasteiger partial charge in [0.05, 0.1) is 12.1 Å². The zero-order valence-electron chi connectivity index (χ0n) is 14.9. The molecule has 0 saturated carbocycles. The number of primary amides is 1. The number of nitrogens with one attached hydrogen (secondary N) is 3. The highest BCUT2D eigenvalue weighted by atomic mass is 35.5. The highest BCUT2D eigenvalue weighted by Crippen LogP contribution is 2.18. The summed E-state index contributed by atoms with van der Waals surface area (Å²) in [5.41, 5.74) is 7.18. The van der Waals surface area contributed by atoms with Crippen LogP contribution in [0, 0.1) is 0 Å². The molecule has 4 amide bonds. The van der Waals surface area contributed by atoms with E-state index >= 15 is 0 Å². The Morgan fingerprint density at radius 2 is 1.55 bits per heavy atom. The van der Waals surface area contributed by atoms with Gasteiger partial charge in [0, 0.05) is 27.3 Å². The lowest BCUT2D eigenvalue weighted by Crippen LogP contribution is -2.19. The maximum absolute atomic E-state index is 12.2. The number of benzene rings is 2. The quantitative estimate of drug-likeness (QED) is 0.476. The van der Waals surface area contributed by atoms with Crippen molar-refractivity contribution in [3.05, 3.63) is 70.2 Å². The Labute approximate surface area is 175 Å². The molecular formula is C19H16ClN5O3S. The van der Waals surface area contributed by atoms with Gasteiger partial charge in [-0.1, -0.05) is 11.6 Å². The summed E-state index contributed by atoms with van der Waals surface area (Å²) in [6.07, 6.45) is 0.0363. The molecule has 0 aliphatic rings. The largest absolute Gasteiger partial charge is 0.366 e. The Balaban J connectivity index is 1.51. The molecule has 0 unspecified atom stereocenters. The van der Waals surface area contributed by atoms with Crippen LogP contribution in [-0.2, 0) is 11.2 Å². The van der Waals surface area contributed by atoms with Crippen LogP contribution in [0.3, 0.4) is 0 Å². The molecule has 0 radical (unpaired) electrons. The van der Waals surface area contributed by atoms with Crippen LogP contribution >= 0.6 is 22.9 Å². The van der Waals surface area contributed by atoms with E-state index in [1.165, 1.54) is 23.5 Å². The number of nitrogens with zero attached hydrogens (tertiary/aromatic N) is 1. The van der Waals surface area contributed by atoms with E-state index in [0.717, 1.165) is 0 Å². The van der Waals surface area contributed by atoms with E-state index in [1.807, 2.05) is 0 Å². The second-order valence-electron chi connectivity index (χ2n) is 5.90. The molecule has 1 aromatic heterocycles. The van der Waals surface area contributed by atoms with E-state index < -0.39 is 11.9 Å². The van der Waals surface area contributed by atoms with Crippen molar-refractivity contribution >= 4 is 57.3 Å². The number of aromatic nitrogens is 1. The summed E-state index contributed by atoms with van der Waals surface area (Å²) in [5, 5.41) is 10.6. The summed E-state index contributed by atoms with van der Waals surface area (Å²) < 4.78 is 0. The fourth-order valence-corrected chi connectivity index (χ4v) is 3.16. The second-order valence-corrected chi connectivity index (χ2v) is 7.19. The molecule has 1 heterocycles. The Hall–Kier alpha value is -3.43. The van der Waals surface area contributed by atoms with Gasteiger partial charge in [-0.25, -0.2) is 9.78 Å². The summed E-state index contributed by atoms with van der Waals surface area (Å²) in [6.45, 7) is 0. The number of amides is 4. The number of urea groups is 1. The molecule has 2 aromatic carbocycles. The minimum absolute atomic E-state index is 0.0363. The summed E-state index contributed by atoms with van der Waals surface area (Å²) in [6, 6.07) is 12.5. The minimum Gasteiger partial charge on any atom is -0.366 e. The van der Waals surface area contributed by atoms with E-state index in [2.05, 4.69) is 20.9 Å². The van der Waals surface area contributed by atoms with Crippen molar-refractivity contribution in [2.45, 2.75) is 6.42 Å². The summed E-state index contributed by atoms with van der Waals surface area (Å²) in [4.78, 5) is 39.5. The summed E-state index contributed by atoms with van der Waals surface area (Å²) >= 11 is 7.01. The standard InChI is InChI=1S/C19H16ClN5O3S/c20-12-3-7-14(8-4-12)23-18(28)25-19-24-15(10-29-19)9-16(26)22-13-5-1-11(2-6-13)17(21)27/h1-8,10H,9H2,(H2,21,27)(H,22,26)(H2,23,24,25,28). The van der Waals surface area contributed by atoms with Gasteiger partial charge < -0.3 is 16.4 Å². The lowest BCUT2D eigenvalue weighted by atomic mass is 10.2. The third-order valence-electron chi connectivity index (χ3n) is 3.67. The first-order valence-electron chi connectivity index (χ1n) is 8.37. The Kier molecular flexibility index (Phi) is 6.43. The number of nitrogens with two attached hydrogens (primary N) is 1. The smallest absolute Gasteiger partial charge is 0.325 e. The number of halogens is 1. The topological polar surface area (TPSA) is 126 Å². The van der Waals surface area contributed by atoms with E-state index in [0.29, 0.717) is 32.8 Å². The van der Waals surface area contributed by atoms with Gasteiger partial charge in [-0.2, -0.15) is 0 Å². The van der Waals surface area contributed by atoms with Crippen molar-refractivity contribution in [2.24, 2.45) is 5.73 Å². The first kappa shape index (κ1) is 20.3. The predicted molar refractivity (Wildman–Crippen MR) is 114 cm³/mol. The molecule has 3 rings (SSSR count). The average Bonchev–Trinajstić information content (AvgIpc) is 3.10. The normalized spacial score (nSPS) is 10.2. The van der Waals surface area contributed by atoms with Gasteiger partial charge >= 0.3 is 6.03 Å². The van der Waals surface area contributed by atoms with Gasteiger partial charge in [-0.15, -0.1) is 11.3 Å². The van der Waals surface area contributed by atoms with Crippen LogP contribution in [0.1, 0.15) is 16.1 Å². The molecule has 10 heteroatoms. The fourth-order valence-electron chi connectivity index (χ4n) is 2.33. The second kappa shape index (κ2) is 9.18. The molecule has 3 aromatic rings. The Morgan fingerprint density at radius 1 is 0.931 bits per heavy atom. The zero-order chi connectivity index (χ0) is 20.8. The van der Waals surface area contributed by atoms with Crippen LogP contribution in [0.4, 0.5) is 21.3 Å². The van der Waals surface area contributed by atoms with Gasteiger partial charge in [0.15, 0.2) is 5.13 Å². The molecule has 0 spiro atoms. The predicted octanol–water partition coefficient (Wildman–Crippen LogP) is 3.72. The number of hydrogen-bond acceptors (Lipinski definition) is 5. The summed E-state index contributed by atoms with van der Waals surface area (Å²) in [7, 11) is 0. The lowest BCUT2D eigenvalue weighted by Gasteiger charge is -2.05. The summed E-state index contributed by atoms with van der Waals surface area (Å²) in [5.74, 6) is -0.815. The van der Waals surface area contributed by atoms with Gasteiger partial charge in [-0.05, 0) is 48.5 Å². The fraction of sp³-hybridized carbons (Fsp3) is 0.0526. The number of hydrogen-bond donors (Lipinski definition) is 4. The highest BCUT2D eigenvalue weighted by molar-refractivity contribution is 7.14. The third kappa shape index (κ3) is 6.03. The molecule has 5 N–H and O–H groups in total.